The minimum atomic E-state index is -2.10. The van der Waals surface area contributed by atoms with Gasteiger partial charge >= 0.3 is 0 Å². The lowest BCUT2D eigenvalue weighted by Crippen LogP contribution is -2.74. The van der Waals surface area contributed by atoms with E-state index in [4.69, 9.17) is 5.73 Å². The van der Waals surface area contributed by atoms with E-state index in [2.05, 4.69) is 17.1 Å². The number of nitrogens with one attached hydrogen (secondary N) is 1. The fourth-order valence-corrected chi connectivity index (χ4v) is 10.5. The molecule has 11 nitrogen and oxygen atoms in total. The number of nitrogens with two attached hydrogens (primary N) is 1. The number of hydrogen-bond acceptors (Lipinski definition) is 12. The Morgan fingerprint density at radius 3 is 2.27 bits per heavy atom. The molecule has 5 aliphatic carbocycles. The quantitative estimate of drug-likeness (QED) is 0.165. The van der Waals surface area contributed by atoms with Crippen molar-refractivity contribution < 1.29 is 40.5 Å². The highest BCUT2D eigenvalue weighted by Crippen LogP contribution is 2.57. The molecule has 5 fully saturated rings. The molecule has 0 bridgehead atoms. The van der Waals surface area contributed by atoms with E-state index in [1.54, 1.807) is 0 Å². The summed E-state index contributed by atoms with van der Waals surface area (Å²) in [5.74, 6) is -3.55. The van der Waals surface area contributed by atoms with Gasteiger partial charge < -0.3 is 46.4 Å². The van der Waals surface area contributed by atoms with Crippen molar-refractivity contribution in [1.29, 1.82) is 0 Å². The van der Waals surface area contributed by atoms with Gasteiger partial charge in [-0.1, -0.05) is 6.92 Å². The molecule has 10 N–H and O–H groups in total. The minimum absolute atomic E-state index is 0.0501. The first-order chi connectivity index (χ1) is 19.2. The molecule has 0 aromatic heterocycles. The van der Waals surface area contributed by atoms with Gasteiger partial charge in [-0.3, -0.25) is 10.1 Å². The number of carbonyl (C=O) groups excluding carboxylic acids is 1. The van der Waals surface area contributed by atoms with E-state index in [1.807, 2.05) is 14.1 Å². The number of thioether (sulfide) groups is 1. The van der Waals surface area contributed by atoms with Crippen LogP contribution in [0.4, 0.5) is 0 Å². The molecular weight excluding hydrogens is 550 g/mol. The predicted octanol–water partition coefficient (Wildman–Crippen LogP) is -1.20. The Morgan fingerprint density at radius 1 is 1.00 bits per heavy atom. The van der Waals surface area contributed by atoms with Crippen LogP contribution in [-0.2, 0) is 4.79 Å². The number of fused-ring (bicyclic) bond motifs is 3. The van der Waals surface area contributed by atoms with Crippen molar-refractivity contribution in [3.8, 4) is 0 Å². The summed E-state index contributed by atoms with van der Waals surface area (Å²) in [5.41, 5.74) is 2.60. The molecule has 0 aromatic carbocycles. The number of nitrogens with zero attached hydrogens (tertiary/aromatic N) is 1. The van der Waals surface area contributed by atoms with E-state index in [9.17, 15) is 40.5 Å². The number of ketones is 1. The first kappa shape index (κ1) is 32.0. The van der Waals surface area contributed by atoms with Gasteiger partial charge in [-0.25, -0.2) is 0 Å². The number of aliphatic hydroxyl groups is 7. The standard InChI is InChI=1S/C29H51N3O8S/c1-12-4-6-15(7-5-12)41-28(39)31-17-11-18(32(2)3)16-9-13-8-14-10-19(33)22(27(30)38)26(37)29(14,40)25(36)20(13)24(35)21(16)23(17)34/h12-22,24-28,31,33,35-40H,4-11,30H2,1-3H3/t12?,13-,14+,15?,16?,17?,18?,19?,20?,21?,22?,24?,25?,26?,27?,28?,29+/m1/s1. The molecule has 5 saturated carbocycles. The topological polar surface area (TPSA) is 200 Å². The lowest BCUT2D eigenvalue weighted by molar-refractivity contribution is -0.291. The maximum Gasteiger partial charge on any atom is 0.155 e. The molecular formula is C29H51N3O8S. The summed E-state index contributed by atoms with van der Waals surface area (Å²) < 4.78 is 0. The van der Waals surface area contributed by atoms with Gasteiger partial charge in [-0.05, 0) is 89.1 Å². The summed E-state index contributed by atoms with van der Waals surface area (Å²) in [5, 5.41) is 81.2. The van der Waals surface area contributed by atoms with Crippen LogP contribution in [0.2, 0.25) is 0 Å². The van der Waals surface area contributed by atoms with Crippen molar-refractivity contribution in [3.05, 3.63) is 0 Å². The van der Waals surface area contributed by atoms with Crippen LogP contribution in [0, 0.1) is 41.4 Å². The lowest BCUT2D eigenvalue weighted by atomic mass is 9.48. The number of carbonyl (C=O) groups is 1. The van der Waals surface area contributed by atoms with Gasteiger partial charge in [-0.2, -0.15) is 0 Å². The molecule has 41 heavy (non-hydrogen) atoms. The van der Waals surface area contributed by atoms with Crippen LogP contribution in [0.5, 0.6) is 0 Å². The smallest absolute Gasteiger partial charge is 0.155 e. The highest BCUT2D eigenvalue weighted by atomic mass is 32.2. The van der Waals surface area contributed by atoms with Crippen LogP contribution < -0.4 is 11.1 Å². The molecule has 0 saturated heterocycles. The SMILES string of the molecule is CC1CCC(SC(O)NC2CC(N(C)C)C3C[C@H]4C[C@H]5CC(O)C(C(N)O)C(O)[C@@]5(O)C(O)C4C(O)C3C2=O)CC1. The Bertz CT molecular complexity index is 938. The van der Waals surface area contributed by atoms with Crippen LogP contribution in [0.25, 0.3) is 0 Å². The summed E-state index contributed by atoms with van der Waals surface area (Å²) in [7, 11) is 3.89. The predicted molar refractivity (Wildman–Crippen MR) is 153 cm³/mol. The molecule has 12 unspecified atom stereocenters. The Morgan fingerprint density at radius 2 is 1.66 bits per heavy atom. The van der Waals surface area contributed by atoms with Crippen LogP contribution in [0.3, 0.4) is 0 Å². The average Bonchev–Trinajstić information content (AvgIpc) is 2.88. The normalized spacial score (nSPS) is 51.9. The van der Waals surface area contributed by atoms with Gasteiger partial charge in [0.1, 0.15) is 11.8 Å². The minimum Gasteiger partial charge on any atom is -0.393 e. The fourth-order valence-electron chi connectivity index (χ4n) is 9.35. The van der Waals surface area contributed by atoms with Gasteiger partial charge in [0.25, 0.3) is 0 Å². The molecule has 0 amide bonds. The number of hydrogen-bond donors (Lipinski definition) is 9. The van der Waals surface area contributed by atoms with Gasteiger partial charge in [0.15, 0.2) is 11.3 Å². The van der Waals surface area contributed by atoms with Crippen molar-refractivity contribution in [2.75, 3.05) is 14.1 Å². The summed E-state index contributed by atoms with van der Waals surface area (Å²) in [4.78, 5) is 16.0. The number of Topliss-reactive ketones (excluding diaryl/α,β-unsaturated/α-hetero) is 1. The summed E-state index contributed by atoms with van der Waals surface area (Å²) >= 11 is 1.46. The van der Waals surface area contributed by atoms with Crippen LogP contribution in [0.1, 0.15) is 58.3 Å². The number of rotatable bonds is 6. The zero-order chi connectivity index (χ0) is 30.0. The van der Waals surface area contributed by atoms with E-state index in [1.165, 1.54) is 11.8 Å². The molecule has 12 heteroatoms. The number of aliphatic hydroxyl groups excluding tert-OH is 6. The Kier molecular flexibility index (Phi) is 9.52. The van der Waals surface area contributed by atoms with Crippen LogP contribution in [0.15, 0.2) is 0 Å². The molecule has 5 rings (SSSR count). The third kappa shape index (κ3) is 5.65. The zero-order valence-electron chi connectivity index (χ0n) is 24.4. The van der Waals surface area contributed by atoms with Gasteiger partial charge in [0.2, 0.25) is 0 Å². The first-order valence-electron chi connectivity index (χ1n) is 15.4. The second kappa shape index (κ2) is 12.2. The molecule has 5 aliphatic rings. The maximum absolute atomic E-state index is 14.0. The first-order valence-corrected chi connectivity index (χ1v) is 16.4. The molecule has 15 atom stereocenters. The summed E-state index contributed by atoms with van der Waals surface area (Å²) in [6.45, 7) is 2.24. The third-order valence-electron chi connectivity index (χ3n) is 11.6. The molecule has 0 aliphatic heterocycles. The van der Waals surface area contributed by atoms with Crippen molar-refractivity contribution in [1.82, 2.24) is 10.2 Å². The van der Waals surface area contributed by atoms with Gasteiger partial charge in [0, 0.05) is 23.1 Å². The monoisotopic (exact) mass is 601 g/mol. The van der Waals surface area contributed by atoms with E-state index in [0.29, 0.717) is 30.4 Å². The van der Waals surface area contributed by atoms with Crippen molar-refractivity contribution in [2.45, 2.75) is 117 Å². The van der Waals surface area contributed by atoms with Crippen LogP contribution >= 0.6 is 11.8 Å². The Labute approximate surface area is 246 Å². The Hall–Kier alpha value is -0.380. The molecule has 0 aromatic rings. The van der Waals surface area contributed by atoms with E-state index in [0.717, 1.165) is 25.7 Å². The summed E-state index contributed by atoms with van der Waals surface area (Å²) in [6, 6.07) is -0.737. The maximum atomic E-state index is 14.0. The zero-order valence-corrected chi connectivity index (χ0v) is 25.2. The van der Waals surface area contributed by atoms with Crippen molar-refractivity contribution in [3.63, 3.8) is 0 Å². The third-order valence-corrected chi connectivity index (χ3v) is 12.8. The largest absolute Gasteiger partial charge is 0.393 e. The fraction of sp³-hybridized carbons (Fsp3) is 0.966. The van der Waals surface area contributed by atoms with E-state index >= 15 is 0 Å². The van der Waals surface area contributed by atoms with Crippen molar-refractivity contribution >= 4 is 17.5 Å². The molecule has 0 heterocycles. The van der Waals surface area contributed by atoms with Gasteiger partial charge in [-0.15, -0.1) is 11.8 Å². The highest BCUT2D eigenvalue weighted by Gasteiger charge is 2.67. The molecule has 236 valence electrons. The average molecular weight is 602 g/mol. The second-order valence-electron chi connectivity index (χ2n) is 14.1. The Balaban J connectivity index is 1.36. The van der Waals surface area contributed by atoms with Gasteiger partial charge in [0.05, 0.1) is 36.4 Å². The van der Waals surface area contributed by atoms with E-state index < -0.39 is 71.5 Å². The molecule has 0 spiro atoms. The highest BCUT2D eigenvalue weighted by molar-refractivity contribution is 8.00. The lowest BCUT2D eigenvalue weighted by Gasteiger charge is -2.62. The van der Waals surface area contributed by atoms with E-state index in [-0.39, 0.29) is 30.1 Å². The molecule has 0 radical (unpaired) electrons. The van der Waals surface area contributed by atoms with Crippen molar-refractivity contribution in [2.24, 2.45) is 47.2 Å². The summed E-state index contributed by atoms with van der Waals surface area (Å²) in [6.07, 6.45) is -1.58. The van der Waals surface area contributed by atoms with Crippen LogP contribution in [-0.4, -0.2) is 120 Å². The second-order valence-corrected chi connectivity index (χ2v) is 15.5.